The lowest BCUT2D eigenvalue weighted by atomic mass is 9.98. The van der Waals surface area contributed by atoms with Gasteiger partial charge in [0.2, 0.25) is 0 Å². The highest BCUT2D eigenvalue weighted by atomic mass is 35.5. The number of nitriles is 1. The number of halogens is 1. The molecule has 1 fully saturated rings. The van der Waals surface area contributed by atoms with E-state index in [-0.39, 0.29) is 11.6 Å². The Morgan fingerprint density at radius 3 is 2.57 bits per heavy atom. The van der Waals surface area contributed by atoms with Crippen LogP contribution in [-0.2, 0) is 0 Å². The van der Waals surface area contributed by atoms with Crippen LogP contribution in [0.2, 0.25) is 5.02 Å². The Kier molecular flexibility index (Phi) is 6.76. The molecule has 3 N–H and O–H groups in total. The molecule has 0 unspecified atom stereocenters. The standard InChI is InChI=1S/C28H31ClN8/c1-28(2,3)36-11-9-21(10-12-36)37-17-24(34-35-37)26(18-7-5-4-6-8-18)33-20-13-22-25(31)19(15-30)16-32-27(22)23(29)14-20/h4-8,13-14,16-17,21,26,33H,9-12H2,1-3H3,(H2,31,32)/t26-/m0/s1. The van der Waals surface area contributed by atoms with Gasteiger partial charge in [-0.3, -0.25) is 9.88 Å². The zero-order valence-electron chi connectivity index (χ0n) is 21.3. The highest BCUT2D eigenvalue weighted by Gasteiger charge is 2.29. The van der Waals surface area contributed by atoms with Gasteiger partial charge in [0.15, 0.2) is 0 Å². The van der Waals surface area contributed by atoms with Gasteiger partial charge in [-0.05, 0) is 51.3 Å². The minimum atomic E-state index is -0.258. The second kappa shape index (κ2) is 10.0. The maximum absolute atomic E-state index is 9.38. The van der Waals surface area contributed by atoms with E-state index in [4.69, 9.17) is 17.3 Å². The molecular formula is C28H31ClN8. The number of hydrogen-bond acceptors (Lipinski definition) is 7. The predicted octanol–water partition coefficient (Wildman–Crippen LogP) is 5.57. The van der Waals surface area contributed by atoms with Crippen LogP contribution in [-0.4, -0.2) is 43.5 Å². The second-order valence-electron chi connectivity index (χ2n) is 10.6. The molecule has 2 aromatic heterocycles. The zero-order chi connectivity index (χ0) is 26.2. The number of nitrogen functional groups attached to an aromatic ring is 1. The lowest BCUT2D eigenvalue weighted by Crippen LogP contribution is -2.46. The average Bonchev–Trinajstić information content (AvgIpc) is 3.38. The van der Waals surface area contributed by atoms with Crippen LogP contribution in [0.4, 0.5) is 11.4 Å². The van der Waals surface area contributed by atoms with Crippen LogP contribution in [0.15, 0.2) is 54.9 Å². The molecule has 0 aliphatic carbocycles. The van der Waals surface area contributed by atoms with Gasteiger partial charge in [-0.1, -0.05) is 47.1 Å². The molecule has 37 heavy (non-hydrogen) atoms. The number of nitrogens with one attached hydrogen (secondary N) is 1. The topological polar surface area (TPSA) is 109 Å². The minimum absolute atomic E-state index is 0.175. The first kappa shape index (κ1) is 25.0. The van der Waals surface area contributed by atoms with Crippen LogP contribution in [0.5, 0.6) is 0 Å². The molecule has 0 amide bonds. The molecule has 8 nitrogen and oxygen atoms in total. The van der Waals surface area contributed by atoms with Gasteiger partial charge in [-0.2, -0.15) is 5.26 Å². The number of piperidine rings is 1. The summed E-state index contributed by atoms with van der Waals surface area (Å²) in [6.07, 6.45) is 5.58. The predicted molar refractivity (Wildman–Crippen MR) is 147 cm³/mol. The van der Waals surface area contributed by atoms with Gasteiger partial charge in [-0.25, -0.2) is 4.68 Å². The smallest absolute Gasteiger partial charge is 0.109 e. The van der Waals surface area contributed by atoms with Gasteiger partial charge in [-0.15, -0.1) is 5.10 Å². The van der Waals surface area contributed by atoms with Crippen LogP contribution in [0.25, 0.3) is 10.9 Å². The first-order valence-electron chi connectivity index (χ1n) is 12.5. The highest BCUT2D eigenvalue weighted by molar-refractivity contribution is 6.35. The Morgan fingerprint density at radius 2 is 1.89 bits per heavy atom. The van der Waals surface area contributed by atoms with Crippen LogP contribution in [0.1, 0.15) is 62.5 Å². The molecule has 4 aromatic rings. The van der Waals surface area contributed by atoms with Crippen molar-refractivity contribution in [3.63, 3.8) is 0 Å². The van der Waals surface area contributed by atoms with Crippen molar-refractivity contribution in [3.8, 4) is 6.07 Å². The fraction of sp³-hybridized carbons (Fsp3) is 0.357. The molecule has 1 saturated heterocycles. The average molecular weight is 515 g/mol. The number of nitrogens with two attached hydrogens (primary N) is 1. The Morgan fingerprint density at radius 1 is 1.16 bits per heavy atom. The minimum Gasteiger partial charge on any atom is -0.397 e. The molecule has 5 rings (SSSR count). The molecule has 9 heteroatoms. The summed E-state index contributed by atoms with van der Waals surface area (Å²) in [5.41, 5.74) is 10.3. The van der Waals surface area contributed by atoms with Crippen molar-refractivity contribution >= 4 is 33.9 Å². The second-order valence-corrected chi connectivity index (χ2v) is 11.0. The normalized spacial score (nSPS) is 16.0. The Hall–Kier alpha value is -3.67. The van der Waals surface area contributed by atoms with E-state index in [9.17, 15) is 5.26 Å². The molecule has 1 aliphatic heterocycles. The third-order valence-corrected chi connectivity index (χ3v) is 7.43. The Bertz CT molecular complexity index is 1440. The summed E-state index contributed by atoms with van der Waals surface area (Å²) in [5, 5.41) is 23.2. The van der Waals surface area contributed by atoms with Crippen LogP contribution in [0, 0.1) is 11.3 Å². The van der Waals surface area contributed by atoms with E-state index in [0.717, 1.165) is 42.9 Å². The van der Waals surface area contributed by atoms with E-state index < -0.39 is 0 Å². The van der Waals surface area contributed by atoms with Crippen molar-refractivity contribution in [1.29, 1.82) is 5.26 Å². The van der Waals surface area contributed by atoms with Crippen molar-refractivity contribution in [2.24, 2.45) is 0 Å². The summed E-state index contributed by atoms with van der Waals surface area (Å²) in [5.74, 6) is 0. The molecule has 0 saturated carbocycles. The first-order chi connectivity index (χ1) is 17.7. The van der Waals surface area contributed by atoms with Gasteiger partial charge in [0.25, 0.3) is 0 Å². The maximum atomic E-state index is 9.38. The summed E-state index contributed by atoms with van der Waals surface area (Å²) in [6.45, 7) is 8.88. The van der Waals surface area contributed by atoms with Crippen molar-refractivity contribution in [1.82, 2.24) is 24.9 Å². The number of anilines is 2. The molecule has 190 valence electrons. The molecular weight excluding hydrogens is 484 g/mol. The van der Waals surface area contributed by atoms with Crippen molar-refractivity contribution in [3.05, 3.63) is 76.7 Å². The third kappa shape index (κ3) is 5.10. The third-order valence-electron chi connectivity index (χ3n) is 7.14. The summed E-state index contributed by atoms with van der Waals surface area (Å²) in [6, 6.07) is 16.0. The van der Waals surface area contributed by atoms with Gasteiger partial charge in [0.1, 0.15) is 11.8 Å². The van der Waals surface area contributed by atoms with Crippen LogP contribution >= 0.6 is 11.6 Å². The molecule has 1 atom stereocenters. The number of pyridine rings is 1. The van der Waals surface area contributed by atoms with Gasteiger partial charge < -0.3 is 11.1 Å². The molecule has 0 spiro atoms. The van der Waals surface area contributed by atoms with Crippen molar-refractivity contribution in [2.75, 3.05) is 24.1 Å². The summed E-state index contributed by atoms with van der Waals surface area (Å²) in [4.78, 5) is 6.86. The number of nitrogens with zero attached hydrogens (tertiary/aromatic N) is 6. The fourth-order valence-corrected chi connectivity index (χ4v) is 5.26. The summed E-state index contributed by atoms with van der Waals surface area (Å²) in [7, 11) is 0. The zero-order valence-corrected chi connectivity index (χ0v) is 22.1. The number of benzene rings is 2. The molecule has 3 heterocycles. The summed E-state index contributed by atoms with van der Waals surface area (Å²) >= 11 is 6.58. The van der Waals surface area contributed by atoms with Gasteiger partial charge in [0, 0.05) is 35.9 Å². The van der Waals surface area contributed by atoms with Crippen molar-refractivity contribution in [2.45, 2.75) is 51.2 Å². The van der Waals surface area contributed by atoms with E-state index in [0.29, 0.717) is 33.2 Å². The summed E-state index contributed by atoms with van der Waals surface area (Å²) < 4.78 is 2.02. The number of rotatable bonds is 5. The van der Waals surface area contributed by atoms with E-state index >= 15 is 0 Å². The van der Waals surface area contributed by atoms with E-state index in [1.807, 2.05) is 35.0 Å². The lowest BCUT2D eigenvalue weighted by molar-refractivity contribution is 0.0866. The molecule has 1 aliphatic rings. The van der Waals surface area contributed by atoms with E-state index in [1.165, 1.54) is 6.20 Å². The van der Waals surface area contributed by atoms with E-state index in [1.54, 1.807) is 0 Å². The highest BCUT2D eigenvalue weighted by Crippen LogP contribution is 2.34. The largest absolute Gasteiger partial charge is 0.397 e. The van der Waals surface area contributed by atoms with Crippen molar-refractivity contribution < 1.29 is 0 Å². The number of fused-ring (bicyclic) bond motifs is 1. The molecule has 0 bridgehead atoms. The maximum Gasteiger partial charge on any atom is 0.109 e. The monoisotopic (exact) mass is 514 g/mol. The van der Waals surface area contributed by atoms with Crippen LogP contribution in [0.3, 0.4) is 0 Å². The number of aromatic nitrogens is 4. The first-order valence-corrected chi connectivity index (χ1v) is 12.9. The van der Waals surface area contributed by atoms with Gasteiger partial charge >= 0.3 is 0 Å². The Labute approximate surface area is 222 Å². The number of hydrogen-bond donors (Lipinski definition) is 2. The number of likely N-dealkylation sites (tertiary alicyclic amines) is 1. The quantitative estimate of drug-likeness (QED) is 0.358. The SMILES string of the molecule is CC(C)(C)N1CCC(n2cc([C@@H](Nc3cc(Cl)c4ncc(C#N)c(N)c4c3)c3ccccc3)nn2)CC1. The molecule has 2 aromatic carbocycles. The van der Waals surface area contributed by atoms with Crippen LogP contribution < -0.4 is 11.1 Å². The molecule has 0 radical (unpaired) electrons. The fourth-order valence-electron chi connectivity index (χ4n) is 4.99. The Balaban J connectivity index is 1.46. The van der Waals surface area contributed by atoms with Gasteiger partial charge in [0.05, 0.1) is 40.1 Å². The van der Waals surface area contributed by atoms with E-state index in [2.05, 4.69) is 70.7 Å². The lowest BCUT2D eigenvalue weighted by Gasteiger charge is -2.40.